The lowest BCUT2D eigenvalue weighted by Gasteiger charge is -2.29. The molecule has 164 valence electrons. The lowest BCUT2D eigenvalue weighted by molar-refractivity contribution is -0.154. The smallest absolute Gasteiger partial charge is 0.309 e. The van der Waals surface area contributed by atoms with E-state index in [0.717, 1.165) is 25.0 Å². The van der Waals surface area contributed by atoms with E-state index in [4.69, 9.17) is 14.2 Å². The number of nitrogens with zero attached hydrogens (tertiary/aromatic N) is 3. The van der Waals surface area contributed by atoms with Crippen LogP contribution in [0.4, 0.5) is 0 Å². The van der Waals surface area contributed by atoms with Crippen LogP contribution in [0.1, 0.15) is 50.9 Å². The second-order valence-electron chi connectivity index (χ2n) is 7.98. The minimum Gasteiger partial charge on any atom is -0.489 e. The van der Waals surface area contributed by atoms with Crippen LogP contribution in [0.5, 0.6) is 11.6 Å². The van der Waals surface area contributed by atoms with Crippen molar-refractivity contribution in [1.29, 1.82) is 0 Å². The molecule has 0 amide bonds. The third-order valence-electron chi connectivity index (χ3n) is 5.38. The molecule has 1 aliphatic carbocycles. The summed E-state index contributed by atoms with van der Waals surface area (Å²) in [6, 6.07) is 3.72. The van der Waals surface area contributed by atoms with Crippen molar-refractivity contribution in [2.24, 2.45) is 13.0 Å². The molecular formula is C22H31N3O5. The molecule has 0 radical (unpaired) electrons. The number of aliphatic hydroxyl groups excluding tert-OH is 1. The predicted octanol–water partition coefficient (Wildman–Crippen LogP) is 3.18. The lowest BCUT2D eigenvalue weighted by atomic mass is 9.87. The molecule has 1 fully saturated rings. The Labute approximate surface area is 177 Å². The van der Waals surface area contributed by atoms with Gasteiger partial charge in [0.15, 0.2) is 0 Å². The molecule has 0 spiro atoms. The second-order valence-corrected chi connectivity index (χ2v) is 7.98. The highest BCUT2D eigenvalue weighted by atomic mass is 16.5. The number of aliphatic hydroxyl groups is 1. The van der Waals surface area contributed by atoms with Crippen molar-refractivity contribution in [3.8, 4) is 22.9 Å². The Morgan fingerprint density at radius 3 is 2.73 bits per heavy atom. The molecule has 8 nitrogen and oxygen atoms in total. The zero-order valence-electron chi connectivity index (χ0n) is 18.3. The SMILES string of the molecule is COc1nn(C)c(CO)c1-c1ccc(O[C@H]2CCC[C@H](C(=O)OC(C)C)C2)c(C)n1. The van der Waals surface area contributed by atoms with Crippen LogP contribution in [-0.2, 0) is 23.2 Å². The third-order valence-corrected chi connectivity index (χ3v) is 5.38. The molecule has 0 saturated heterocycles. The molecule has 0 unspecified atom stereocenters. The zero-order chi connectivity index (χ0) is 21.8. The fourth-order valence-electron chi connectivity index (χ4n) is 3.90. The van der Waals surface area contributed by atoms with Crippen molar-refractivity contribution in [3.05, 3.63) is 23.5 Å². The number of esters is 1. The summed E-state index contributed by atoms with van der Waals surface area (Å²) in [6.45, 7) is 5.44. The van der Waals surface area contributed by atoms with E-state index >= 15 is 0 Å². The number of hydrogen-bond donors (Lipinski definition) is 1. The lowest BCUT2D eigenvalue weighted by Crippen LogP contribution is -2.31. The highest BCUT2D eigenvalue weighted by molar-refractivity contribution is 5.72. The van der Waals surface area contributed by atoms with Gasteiger partial charge in [-0.15, -0.1) is 5.10 Å². The number of aryl methyl sites for hydroxylation is 2. The molecule has 1 saturated carbocycles. The summed E-state index contributed by atoms with van der Waals surface area (Å²) in [4.78, 5) is 16.9. The Morgan fingerprint density at radius 1 is 1.33 bits per heavy atom. The van der Waals surface area contributed by atoms with Crippen LogP contribution in [-0.4, -0.2) is 45.2 Å². The van der Waals surface area contributed by atoms with E-state index < -0.39 is 0 Å². The van der Waals surface area contributed by atoms with Gasteiger partial charge in [-0.3, -0.25) is 9.48 Å². The van der Waals surface area contributed by atoms with Gasteiger partial charge in [0, 0.05) is 7.05 Å². The molecule has 2 aromatic rings. The van der Waals surface area contributed by atoms with Crippen LogP contribution in [0, 0.1) is 12.8 Å². The van der Waals surface area contributed by atoms with Gasteiger partial charge in [-0.2, -0.15) is 0 Å². The summed E-state index contributed by atoms with van der Waals surface area (Å²) in [7, 11) is 3.30. The van der Waals surface area contributed by atoms with Crippen LogP contribution >= 0.6 is 0 Å². The Kier molecular flexibility index (Phi) is 6.97. The Morgan fingerprint density at radius 2 is 2.10 bits per heavy atom. The van der Waals surface area contributed by atoms with E-state index in [-0.39, 0.29) is 30.7 Å². The van der Waals surface area contributed by atoms with Crippen molar-refractivity contribution >= 4 is 5.97 Å². The number of carbonyl (C=O) groups excluding carboxylic acids is 1. The average molecular weight is 418 g/mol. The topological polar surface area (TPSA) is 95.7 Å². The predicted molar refractivity (Wildman–Crippen MR) is 111 cm³/mol. The second kappa shape index (κ2) is 9.47. The molecule has 2 heterocycles. The van der Waals surface area contributed by atoms with Gasteiger partial charge < -0.3 is 19.3 Å². The number of ether oxygens (including phenoxy) is 3. The molecule has 1 aliphatic rings. The molecule has 30 heavy (non-hydrogen) atoms. The van der Waals surface area contributed by atoms with Crippen LogP contribution < -0.4 is 9.47 Å². The van der Waals surface area contributed by atoms with E-state index in [1.54, 1.807) is 18.8 Å². The van der Waals surface area contributed by atoms with E-state index in [2.05, 4.69) is 10.1 Å². The van der Waals surface area contributed by atoms with Crippen molar-refractivity contribution in [3.63, 3.8) is 0 Å². The monoisotopic (exact) mass is 417 g/mol. The fourth-order valence-corrected chi connectivity index (χ4v) is 3.90. The molecule has 0 aromatic carbocycles. The van der Waals surface area contributed by atoms with Gasteiger partial charge in [-0.1, -0.05) is 0 Å². The molecule has 2 atom stereocenters. The minimum absolute atomic E-state index is 0.0456. The van der Waals surface area contributed by atoms with Gasteiger partial charge in [0.1, 0.15) is 5.75 Å². The van der Waals surface area contributed by atoms with E-state index in [9.17, 15) is 9.90 Å². The number of rotatable bonds is 7. The average Bonchev–Trinajstić information content (AvgIpc) is 3.04. The zero-order valence-corrected chi connectivity index (χ0v) is 18.3. The number of hydrogen-bond acceptors (Lipinski definition) is 7. The minimum atomic E-state index is -0.170. The molecule has 2 aromatic heterocycles. The number of carbonyl (C=O) groups is 1. The molecule has 8 heteroatoms. The van der Waals surface area contributed by atoms with Crippen LogP contribution in [0.15, 0.2) is 12.1 Å². The maximum Gasteiger partial charge on any atom is 0.309 e. The quantitative estimate of drug-likeness (QED) is 0.691. The maximum atomic E-state index is 12.3. The molecule has 3 rings (SSSR count). The van der Waals surface area contributed by atoms with Crippen molar-refractivity contribution in [1.82, 2.24) is 14.8 Å². The first-order valence-electron chi connectivity index (χ1n) is 10.4. The van der Waals surface area contributed by atoms with E-state index in [1.165, 1.54) is 0 Å². The normalized spacial score (nSPS) is 19.0. The van der Waals surface area contributed by atoms with Gasteiger partial charge >= 0.3 is 5.97 Å². The molecular weight excluding hydrogens is 386 g/mol. The van der Waals surface area contributed by atoms with Gasteiger partial charge in [0.05, 0.1) is 54.5 Å². The van der Waals surface area contributed by atoms with Gasteiger partial charge in [0.2, 0.25) is 5.88 Å². The van der Waals surface area contributed by atoms with Gasteiger partial charge in [-0.05, 0) is 58.6 Å². The number of aromatic nitrogens is 3. The van der Waals surface area contributed by atoms with Crippen molar-refractivity contribution in [2.75, 3.05) is 7.11 Å². The maximum absolute atomic E-state index is 12.3. The first kappa shape index (κ1) is 22.1. The first-order chi connectivity index (χ1) is 14.3. The Bertz CT molecular complexity index is 893. The number of methoxy groups -OCH3 is 1. The summed E-state index contributed by atoms with van der Waals surface area (Å²) in [5.74, 6) is 0.852. The standard InChI is InChI=1S/C22H31N3O5/c1-13(2)29-22(27)15-7-6-8-16(11-15)30-19-10-9-17(23-14(19)3)20-18(12-26)25(4)24-21(20)28-5/h9-10,13,15-16,26H,6-8,11-12H2,1-5H3/t15-,16-/m0/s1. The fraction of sp³-hybridized carbons (Fsp3) is 0.591. The molecule has 1 N–H and O–H groups in total. The largest absolute Gasteiger partial charge is 0.489 e. The summed E-state index contributed by atoms with van der Waals surface area (Å²) < 4.78 is 18.5. The highest BCUT2D eigenvalue weighted by Gasteiger charge is 2.30. The summed E-state index contributed by atoms with van der Waals surface area (Å²) in [5, 5.41) is 14.0. The van der Waals surface area contributed by atoms with Crippen molar-refractivity contribution in [2.45, 2.75) is 65.3 Å². The summed E-state index contributed by atoms with van der Waals surface area (Å²) in [5.41, 5.74) is 2.70. The van der Waals surface area contributed by atoms with Crippen LogP contribution in [0.2, 0.25) is 0 Å². The third kappa shape index (κ3) is 4.75. The van der Waals surface area contributed by atoms with Crippen molar-refractivity contribution < 1.29 is 24.1 Å². The molecule has 0 aliphatic heterocycles. The van der Waals surface area contributed by atoms with Crippen LogP contribution in [0.3, 0.4) is 0 Å². The Balaban J connectivity index is 1.76. The van der Waals surface area contributed by atoms with Gasteiger partial charge in [0.25, 0.3) is 0 Å². The highest BCUT2D eigenvalue weighted by Crippen LogP contribution is 2.34. The number of pyridine rings is 1. The first-order valence-corrected chi connectivity index (χ1v) is 10.4. The van der Waals surface area contributed by atoms with Crippen LogP contribution in [0.25, 0.3) is 11.3 Å². The summed E-state index contributed by atoms with van der Waals surface area (Å²) >= 11 is 0. The Hall–Kier alpha value is -2.61. The van der Waals surface area contributed by atoms with E-state index in [0.29, 0.717) is 35.0 Å². The van der Waals surface area contributed by atoms with E-state index in [1.807, 2.05) is 32.9 Å². The molecule has 0 bridgehead atoms. The van der Waals surface area contributed by atoms with Gasteiger partial charge in [-0.25, -0.2) is 4.98 Å². The summed E-state index contributed by atoms with van der Waals surface area (Å²) in [6.07, 6.45) is 3.17.